The van der Waals surface area contributed by atoms with E-state index < -0.39 is 0 Å². The molecule has 0 saturated heterocycles. The lowest BCUT2D eigenvalue weighted by molar-refractivity contribution is 0.0698. The van der Waals surface area contributed by atoms with E-state index in [9.17, 15) is 0 Å². The van der Waals surface area contributed by atoms with Gasteiger partial charge in [0.15, 0.2) is 16.7 Å². The molecule has 3 aromatic rings. The van der Waals surface area contributed by atoms with E-state index in [1.807, 2.05) is 30.3 Å². The van der Waals surface area contributed by atoms with E-state index >= 15 is 0 Å². The molecule has 0 saturated carbocycles. The molecule has 0 unspecified atom stereocenters. The van der Waals surface area contributed by atoms with E-state index in [4.69, 9.17) is 13.9 Å². The van der Waals surface area contributed by atoms with Crippen molar-refractivity contribution in [2.24, 2.45) is 4.99 Å². The lowest BCUT2D eigenvalue weighted by Gasteiger charge is -2.11. The zero-order chi connectivity index (χ0) is 19.6. The molecule has 0 spiro atoms. The zero-order valence-corrected chi connectivity index (χ0v) is 17.1. The molecule has 2 N–H and O–H groups in total. The molecule has 2 heterocycles. The van der Waals surface area contributed by atoms with Crippen LogP contribution < -0.4 is 10.6 Å². The summed E-state index contributed by atoms with van der Waals surface area (Å²) in [6, 6.07) is 12.0. The number of nitrogens with one attached hydrogen (secondary N) is 2. The summed E-state index contributed by atoms with van der Waals surface area (Å²) in [7, 11) is 3.42. The number of furan rings is 1. The standard InChI is InChI=1S/C20H26N4O3S/c1-21-20(22-10-5-11-26-13-12-25-2)23-14-15-8-9-17(27-15)19-24-16-6-3-4-7-18(16)28-19/h3-4,6-9H,5,10-14H2,1-2H3,(H2,21,22,23). The maximum Gasteiger partial charge on any atom is 0.191 e. The van der Waals surface area contributed by atoms with Crippen LogP contribution in [0.25, 0.3) is 21.0 Å². The summed E-state index contributed by atoms with van der Waals surface area (Å²) in [5.74, 6) is 2.35. The fraction of sp³-hybridized carbons (Fsp3) is 0.400. The van der Waals surface area contributed by atoms with Gasteiger partial charge < -0.3 is 24.5 Å². The average Bonchev–Trinajstić information content (AvgIpc) is 3.36. The van der Waals surface area contributed by atoms with Gasteiger partial charge in [-0.3, -0.25) is 4.99 Å². The molecule has 0 amide bonds. The summed E-state index contributed by atoms with van der Waals surface area (Å²) < 4.78 is 17.5. The molecule has 150 valence electrons. The van der Waals surface area contributed by atoms with Crippen molar-refractivity contribution in [2.45, 2.75) is 13.0 Å². The predicted octanol–water partition coefficient (Wildman–Crippen LogP) is 3.27. The van der Waals surface area contributed by atoms with Crippen LogP contribution in [0.1, 0.15) is 12.2 Å². The van der Waals surface area contributed by atoms with Crippen LogP contribution in [-0.2, 0) is 16.0 Å². The number of hydrogen-bond donors (Lipinski definition) is 2. The van der Waals surface area contributed by atoms with Crippen molar-refractivity contribution >= 4 is 27.5 Å². The van der Waals surface area contributed by atoms with Gasteiger partial charge in [-0.2, -0.15) is 0 Å². The van der Waals surface area contributed by atoms with Crippen molar-refractivity contribution in [2.75, 3.05) is 40.5 Å². The van der Waals surface area contributed by atoms with Gasteiger partial charge in [0.25, 0.3) is 0 Å². The zero-order valence-electron chi connectivity index (χ0n) is 16.2. The normalized spacial score (nSPS) is 11.9. The highest BCUT2D eigenvalue weighted by molar-refractivity contribution is 7.21. The number of guanidine groups is 1. The minimum absolute atomic E-state index is 0.551. The van der Waals surface area contributed by atoms with Crippen molar-refractivity contribution in [3.8, 4) is 10.8 Å². The number of hydrogen-bond acceptors (Lipinski definition) is 6. The minimum Gasteiger partial charge on any atom is -0.457 e. The molecule has 0 radical (unpaired) electrons. The van der Waals surface area contributed by atoms with Crippen LogP contribution in [0.5, 0.6) is 0 Å². The number of thiazole rings is 1. The lowest BCUT2D eigenvalue weighted by Crippen LogP contribution is -2.37. The van der Waals surface area contributed by atoms with Crippen LogP contribution in [-0.4, -0.2) is 51.5 Å². The van der Waals surface area contributed by atoms with E-state index in [1.165, 1.54) is 0 Å². The monoisotopic (exact) mass is 402 g/mol. The molecule has 1 aromatic carbocycles. The van der Waals surface area contributed by atoms with Crippen LogP contribution in [0, 0.1) is 0 Å². The van der Waals surface area contributed by atoms with Crippen molar-refractivity contribution in [1.82, 2.24) is 15.6 Å². The Labute approximate surface area is 168 Å². The Morgan fingerprint density at radius 3 is 2.86 bits per heavy atom. The van der Waals surface area contributed by atoms with Crippen molar-refractivity contribution in [3.63, 3.8) is 0 Å². The molecule has 0 atom stereocenters. The quantitative estimate of drug-likeness (QED) is 0.308. The third-order valence-electron chi connectivity index (χ3n) is 4.01. The van der Waals surface area contributed by atoms with Gasteiger partial charge in [0.2, 0.25) is 0 Å². The van der Waals surface area contributed by atoms with E-state index in [0.29, 0.717) is 26.4 Å². The van der Waals surface area contributed by atoms with Crippen LogP contribution in [0.2, 0.25) is 0 Å². The number of para-hydroxylation sites is 1. The van der Waals surface area contributed by atoms with Crippen molar-refractivity contribution < 1.29 is 13.9 Å². The highest BCUT2D eigenvalue weighted by Crippen LogP contribution is 2.30. The number of benzene rings is 1. The maximum atomic E-state index is 5.95. The van der Waals surface area contributed by atoms with Gasteiger partial charge in [-0.05, 0) is 30.7 Å². The average molecular weight is 403 g/mol. The smallest absolute Gasteiger partial charge is 0.191 e. The number of methoxy groups -OCH3 is 1. The third kappa shape index (κ3) is 5.79. The topological polar surface area (TPSA) is 80.9 Å². The summed E-state index contributed by atoms with van der Waals surface area (Å²) >= 11 is 1.63. The second-order valence-corrected chi connectivity index (χ2v) is 7.09. The maximum absolute atomic E-state index is 5.95. The predicted molar refractivity (Wildman–Crippen MR) is 113 cm³/mol. The van der Waals surface area contributed by atoms with Crippen LogP contribution in [0.4, 0.5) is 0 Å². The van der Waals surface area contributed by atoms with Crippen LogP contribution in [0.15, 0.2) is 45.8 Å². The van der Waals surface area contributed by atoms with Gasteiger partial charge in [-0.1, -0.05) is 12.1 Å². The number of aromatic nitrogens is 1. The molecule has 28 heavy (non-hydrogen) atoms. The Hall–Kier alpha value is -2.42. The van der Waals surface area contributed by atoms with Crippen LogP contribution >= 0.6 is 11.3 Å². The lowest BCUT2D eigenvalue weighted by atomic mass is 10.3. The summed E-state index contributed by atoms with van der Waals surface area (Å²) in [5.41, 5.74) is 0.995. The van der Waals surface area contributed by atoms with Gasteiger partial charge in [-0.15, -0.1) is 11.3 Å². The van der Waals surface area contributed by atoms with Gasteiger partial charge in [0.05, 0.1) is 30.0 Å². The molecule has 8 heteroatoms. The summed E-state index contributed by atoms with van der Waals surface area (Å²) in [5, 5.41) is 7.41. The first-order valence-corrected chi connectivity index (χ1v) is 10.1. The molecule has 0 fully saturated rings. The molecule has 0 aliphatic carbocycles. The van der Waals surface area contributed by atoms with E-state index in [0.717, 1.165) is 45.7 Å². The highest BCUT2D eigenvalue weighted by atomic mass is 32.1. The second kappa shape index (κ2) is 10.8. The molecule has 7 nitrogen and oxygen atoms in total. The third-order valence-corrected chi connectivity index (χ3v) is 5.06. The fourth-order valence-corrected chi connectivity index (χ4v) is 3.51. The number of fused-ring (bicyclic) bond motifs is 1. The first-order chi connectivity index (χ1) is 13.8. The highest BCUT2D eigenvalue weighted by Gasteiger charge is 2.10. The number of rotatable bonds is 10. The van der Waals surface area contributed by atoms with Gasteiger partial charge in [0, 0.05) is 27.3 Å². The summed E-state index contributed by atoms with van der Waals surface area (Å²) in [6.07, 6.45) is 0.896. The largest absolute Gasteiger partial charge is 0.457 e. The molecule has 2 aromatic heterocycles. The van der Waals surface area contributed by atoms with Gasteiger partial charge in [-0.25, -0.2) is 4.98 Å². The molecular weight excluding hydrogens is 376 g/mol. The van der Waals surface area contributed by atoms with Gasteiger partial charge >= 0.3 is 0 Å². The first kappa shape index (κ1) is 20.3. The SMILES string of the molecule is CN=C(NCCCOCCOC)NCc1ccc(-c2nc3ccccc3s2)o1. The van der Waals surface area contributed by atoms with E-state index in [2.05, 4.69) is 26.7 Å². The fourth-order valence-electron chi connectivity index (χ4n) is 2.58. The van der Waals surface area contributed by atoms with E-state index in [1.54, 1.807) is 25.5 Å². The molecule has 0 aliphatic heterocycles. The number of nitrogens with zero attached hydrogens (tertiary/aromatic N) is 2. The first-order valence-electron chi connectivity index (χ1n) is 9.26. The number of aliphatic imine (C=N–C) groups is 1. The second-order valence-electron chi connectivity index (χ2n) is 6.06. The Morgan fingerprint density at radius 1 is 1.14 bits per heavy atom. The van der Waals surface area contributed by atoms with Crippen molar-refractivity contribution in [1.29, 1.82) is 0 Å². The van der Waals surface area contributed by atoms with Crippen molar-refractivity contribution in [3.05, 3.63) is 42.2 Å². The van der Waals surface area contributed by atoms with Gasteiger partial charge in [0.1, 0.15) is 5.76 Å². The Kier molecular flexibility index (Phi) is 7.83. The molecule has 0 aliphatic rings. The Balaban J connectivity index is 1.44. The molecule has 3 rings (SSSR count). The minimum atomic E-state index is 0.551. The molecule has 0 bridgehead atoms. The number of ether oxygens (including phenoxy) is 2. The molecular formula is C20H26N4O3S. The Bertz CT molecular complexity index is 857. The summed E-state index contributed by atoms with van der Waals surface area (Å²) in [4.78, 5) is 8.86. The Morgan fingerprint density at radius 2 is 2.04 bits per heavy atom. The van der Waals surface area contributed by atoms with E-state index in [-0.39, 0.29) is 0 Å². The van der Waals surface area contributed by atoms with Crippen LogP contribution in [0.3, 0.4) is 0 Å². The summed E-state index contributed by atoms with van der Waals surface area (Å²) in [6.45, 7) is 3.27.